The van der Waals surface area contributed by atoms with E-state index in [9.17, 15) is 14.7 Å². The van der Waals surface area contributed by atoms with Gasteiger partial charge in [-0.2, -0.15) is 4.98 Å². The van der Waals surface area contributed by atoms with Crippen LogP contribution in [0.3, 0.4) is 0 Å². The zero-order chi connectivity index (χ0) is 17.1. The maximum atomic E-state index is 12.5. The van der Waals surface area contributed by atoms with Gasteiger partial charge in [0.15, 0.2) is 5.82 Å². The zero-order valence-electron chi connectivity index (χ0n) is 13.4. The Morgan fingerprint density at radius 2 is 2.08 bits per heavy atom. The normalized spacial score (nSPS) is 16.7. The Morgan fingerprint density at radius 3 is 2.75 bits per heavy atom. The number of carbonyl (C=O) groups excluding carboxylic acids is 1. The van der Waals surface area contributed by atoms with E-state index in [-0.39, 0.29) is 12.3 Å². The number of carbonyl (C=O) groups is 2. The highest BCUT2D eigenvalue weighted by molar-refractivity contribution is 5.84. The number of nitrogens with zero attached hydrogens (tertiary/aromatic N) is 3. The summed E-state index contributed by atoms with van der Waals surface area (Å²) in [7, 11) is 0. The second-order valence-electron chi connectivity index (χ2n) is 5.94. The third-order valence-corrected chi connectivity index (χ3v) is 4.20. The summed E-state index contributed by atoms with van der Waals surface area (Å²) >= 11 is 0. The summed E-state index contributed by atoms with van der Waals surface area (Å²) in [4.78, 5) is 29.6. The molecule has 2 heterocycles. The molecule has 7 nitrogen and oxygen atoms in total. The topological polar surface area (TPSA) is 96.5 Å². The monoisotopic (exact) mass is 329 g/mol. The Kier molecular flexibility index (Phi) is 4.59. The third-order valence-electron chi connectivity index (χ3n) is 4.20. The smallest absolute Gasteiger partial charge is 0.326 e. The molecular formula is C17H19N3O4. The lowest BCUT2D eigenvalue weighted by Crippen LogP contribution is -2.48. The van der Waals surface area contributed by atoms with E-state index in [1.165, 1.54) is 4.90 Å². The van der Waals surface area contributed by atoms with Crippen LogP contribution in [0.25, 0.3) is 0 Å². The largest absolute Gasteiger partial charge is 0.480 e. The molecule has 1 N–H and O–H groups in total. The van der Waals surface area contributed by atoms with Gasteiger partial charge in [0.05, 0.1) is 0 Å². The molecule has 1 aromatic carbocycles. The molecule has 0 aliphatic carbocycles. The van der Waals surface area contributed by atoms with Crippen LogP contribution in [0.1, 0.15) is 35.7 Å². The molecule has 24 heavy (non-hydrogen) atoms. The minimum absolute atomic E-state index is 0.159. The lowest BCUT2D eigenvalue weighted by atomic mass is 9.93. The maximum absolute atomic E-state index is 12.5. The van der Waals surface area contributed by atoms with Crippen molar-refractivity contribution in [2.24, 2.45) is 0 Å². The number of aliphatic carboxylic acids is 1. The number of fused-ring (bicyclic) bond motifs is 1. The molecule has 1 aliphatic rings. The van der Waals surface area contributed by atoms with Crippen LogP contribution in [-0.4, -0.2) is 38.1 Å². The van der Waals surface area contributed by atoms with Gasteiger partial charge in [-0.05, 0) is 24.5 Å². The van der Waals surface area contributed by atoms with E-state index in [0.29, 0.717) is 37.5 Å². The molecule has 1 atom stereocenters. The van der Waals surface area contributed by atoms with Crippen molar-refractivity contribution in [3.05, 3.63) is 47.1 Å². The summed E-state index contributed by atoms with van der Waals surface area (Å²) in [6, 6.07) is 6.85. The van der Waals surface area contributed by atoms with Crippen LogP contribution >= 0.6 is 0 Å². The average molecular weight is 329 g/mol. The highest BCUT2D eigenvalue weighted by Crippen LogP contribution is 2.24. The molecule has 0 radical (unpaired) electrons. The van der Waals surface area contributed by atoms with Crippen molar-refractivity contribution in [3.8, 4) is 0 Å². The second kappa shape index (κ2) is 6.82. The minimum Gasteiger partial charge on any atom is -0.480 e. The molecule has 126 valence electrons. The minimum atomic E-state index is -0.967. The maximum Gasteiger partial charge on any atom is 0.326 e. The second-order valence-corrected chi connectivity index (χ2v) is 5.94. The predicted octanol–water partition coefficient (Wildman–Crippen LogP) is 1.74. The third kappa shape index (κ3) is 3.45. The first-order valence-corrected chi connectivity index (χ1v) is 7.93. The van der Waals surface area contributed by atoms with E-state index >= 15 is 0 Å². The van der Waals surface area contributed by atoms with Gasteiger partial charge in [0, 0.05) is 25.8 Å². The van der Waals surface area contributed by atoms with Crippen molar-refractivity contribution in [1.82, 2.24) is 15.0 Å². The number of hydrogen-bond acceptors (Lipinski definition) is 5. The van der Waals surface area contributed by atoms with E-state index in [0.717, 1.165) is 11.1 Å². The molecule has 1 amide bonds. The van der Waals surface area contributed by atoms with Crippen molar-refractivity contribution in [3.63, 3.8) is 0 Å². The van der Waals surface area contributed by atoms with Gasteiger partial charge < -0.3 is 14.5 Å². The summed E-state index contributed by atoms with van der Waals surface area (Å²) in [5, 5.41) is 13.2. The van der Waals surface area contributed by atoms with Gasteiger partial charge in [-0.25, -0.2) is 4.79 Å². The number of amides is 1. The van der Waals surface area contributed by atoms with Crippen LogP contribution in [0, 0.1) is 6.92 Å². The van der Waals surface area contributed by atoms with E-state index in [1.807, 2.05) is 24.3 Å². The average Bonchev–Trinajstić information content (AvgIpc) is 2.98. The summed E-state index contributed by atoms with van der Waals surface area (Å²) in [5.41, 5.74) is 2.01. The number of carboxylic acids is 1. The molecule has 0 spiro atoms. The van der Waals surface area contributed by atoms with Crippen molar-refractivity contribution in [2.45, 2.75) is 45.2 Å². The lowest BCUT2D eigenvalue weighted by molar-refractivity contribution is -0.151. The van der Waals surface area contributed by atoms with E-state index < -0.39 is 12.0 Å². The molecule has 3 rings (SSSR count). The van der Waals surface area contributed by atoms with Crippen LogP contribution in [0.15, 0.2) is 28.8 Å². The van der Waals surface area contributed by atoms with Gasteiger partial charge in [0.1, 0.15) is 6.04 Å². The van der Waals surface area contributed by atoms with E-state index in [2.05, 4.69) is 10.1 Å². The first-order chi connectivity index (χ1) is 11.5. The fraction of sp³-hybridized carbons (Fsp3) is 0.412. The molecule has 0 bridgehead atoms. The molecule has 7 heteroatoms. The number of hydrogen-bond donors (Lipinski definition) is 1. The van der Waals surface area contributed by atoms with Crippen molar-refractivity contribution >= 4 is 11.9 Å². The number of aromatic nitrogens is 2. The number of aryl methyl sites for hydroxylation is 2. The van der Waals surface area contributed by atoms with Crippen LogP contribution in [0.2, 0.25) is 0 Å². The van der Waals surface area contributed by atoms with Crippen LogP contribution in [0.5, 0.6) is 0 Å². The summed E-state index contributed by atoms with van der Waals surface area (Å²) < 4.78 is 5.02. The first-order valence-electron chi connectivity index (χ1n) is 7.93. The Labute approximate surface area is 139 Å². The lowest BCUT2D eigenvalue weighted by Gasteiger charge is -2.34. The SMILES string of the molecule is Cc1noc(CCCC(=O)N2Cc3ccccc3C[C@@H]2C(=O)O)n1. The van der Waals surface area contributed by atoms with Crippen LogP contribution < -0.4 is 0 Å². The van der Waals surface area contributed by atoms with Gasteiger partial charge in [-0.15, -0.1) is 0 Å². The Balaban J connectivity index is 1.64. The Bertz CT molecular complexity index is 756. The summed E-state index contributed by atoms with van der Waals surface area (Å²) in [6.45, 7) is 2.08. The summed E-state index contributed by atoms with van der Waals surface area (Å²) in [6.07, 6.45) is 1.66. The fourth-order valence-corrected chi connectivity index (χ4v) is 2.98. The van der Waals surface area contributed by atoms with E-state index in [4.69, 9.17) is 4.52 Å². The molecule has 1 aliphatic heterocycles. The van der Waals surface area contributed by atoms with Crippen LogP contribution in [0.4, 0.5) is 0 Å². The van der Waals surface area contributed by atoms with Crippen LogP contribution in [-0.2, 0) is 29.0 Å². The highest BCUT2D eigenvalue weighted by Gasteiger charge is 2.34. The van der Waals surface area contributed by atoms with Crippen molar-refractivity contribution < 1.29 is 19.2 Å². The molecule has 2 aromatic rings. The van der Waals surface area contributed by atoms with Crippen molar-refractivity contribution in [2.75, 3.05) is 0 Å². The molecule has 0 fully saturated rings. The highest BCUT2D eigenvalue weighted by atomic mass is 16.5. The van der Waals surface area contributed by atoms with Gasteiger partial charge in [-0.3, -0.25) is 4.79 Å². The number of rotatable bonds is 5. The van der Waals surface area contributed by atoms with Gasteiger partial charge >= 0.3 is 5.97 Å². The standard InChI is InChI=1S/C17H19N3O4/c1-11-18-15(24-19-11)7-4-8-16(21)20-10-13-6-3-2-5-12(13)9-14(20)17(22)23/h2-3,5-6,14H,4,7-10H2,1H3,(H,22,23)/t14-/m1/s1. The first kappa shape index (κ1) is 16.2. The molecule has 1 aromatic heterocycles. The molecule has 0 unspecified atom stereocenters. The quantitative estimate of drug-likeness (QED) is 0.897. The van der Waals surface area contributed by atoms with Crippen molar-refractivity contribution in [1.29, 1.82) is 0 Å². The summed E-state index contributed by atoms with van der Waals surface area (Å²) in [5.74, 6) is -0.0625. The molecular weight excluding hydrogens is 310 g/mol. The number of carboxylic acid groups (broad SMARTS) is 1. The van der Waals surface area contributed by atoms with Gasteiger partial charge in [0.2, 0.25) is 11.8 Å². The number of benzene rings is 1. The Morgan fingerprint density at radius 1 is 1.33 bits per heavy atom. The fourth-order valence-electron chi connectivity index (χ4n) is 2.98. The Hall–Kier alpha value is -2.70. The van der Waals surface area contributed by atoms with E-state index in [1.54, 1.807) is 6.92 Å². The predicted molar refractivity (Wildman–Crippen MR) is 84.1 cm³/mol. The van der Waals surface area contributed by atoms with Gasteiger partial charge in [0.25, 0.3) is 0 Å². The van der Waals surface area contributed by atoms with Gasteiger partial charge in [-0.1, -0.05) is 29.4 Å². The molecule has 0 saturated heterocycles. The zero-order valence-corrected chi connectivity index (χ0v) is 13.4. The molecule has 0 saturated carbocycles.